The number of fused-ring (bicyclic) bond motifs is 1. The monoisotopic (exact) mass is 512 g/mol. The van der Waals surface area contributed by atoms with Crippen LogP contribution in [0.15, 0.2) is 94.5 Å². The molecule has 34 heavy (non-hydrogen) atoms. The van der Waals surface area contributed by atoms with Gasteiger partial charge in [0.15, 0.2) is 0 Å². The second kappa shape index (κ2) is 11.1. The first-order valence-electron chi connectivity index (χ1n) is 10.6. The fourth-order valence-corrected chi connectivity index (χ4v) is 3.91. The predicted molar refractivity (Wildman–Crippen MR) is 138 cm³/mol. The number of carbonyl (C=O) groups excluding carboxylic acids is 1. The number of nitrogens with one attached hydrogen (secondary N) is 2. The van der Waals surface area contributed by atoms with E-state index in [4.69, 9.17) is 4.74 Å². The van der Waals surface area contributed by atoms with Crippen molar-refractivity contribution < 1.29 is 9.53 Å². The summed E-state index contributed by atoms with van der Waals surface area (Å²) >= 11 is 3.50. The highest BCUT2D eigenvalue weighted by Crippen LogP contribution is 2.27. The van der Waals surface area contributed by atoms with Gasteiger partial charge in [-0.15, -0.1) is 0 Å². The molecule has 0 unspecified atom stereocenters. The van der Waals surface area contributed by atoms with Crippen molar-refractivity contribution in [3.05, 3.63) is 106 Å². The van der Waals surface area contributed by atoms with Gasteiger partial charge in [0.2, 0.25) is 0 Å². The van der Waals surface area contributed by atoms with E-state index in [1.54, 1.807) is 12.3 Å². The number of halogens is 1. The van der Waals surface area contributed by atoms with Crippen LogP contribution in [0.1, 0.15) is 16.7 Å². The first-order valence-corrected chi connectivity index (χ1v) is 11.4. The molecule has 0 radical (unpaired) electrons. The third kappa shape index (κ3) is 5.80. The number of anilines is 1. The largest absolute Gasteiger partial charge is 0.488 e. The number of nitriles is 1. The zero-order chi connectivity index (χ0) is 23.8. The molecular formula is C27H21BrN4O2. The second-order valence-electron chi connectivity index (χ2n) is 7.42. The quantitative estimate of drug-likeness (QED) is 0.237. The summed E-state index contributed by atoms with van der Waals surface area (Å²) in [7, 11) is 0. The number of benzene rings is 4. The molecule has 6 nitrogen and oxygen atoms in total. The van der Waals surface area contributed by atoms with Crippen LogP contribution in [0.3, 0.4) is 0 Å². The maximum Gasteiger partial charge on any atom is 0.259 e. The first kappa shape index (κ1) is 23.0. The molecule has 0 aliphatic carbocycles. The number of amides is 1. The van der Waals surface area contributed by atoms with Gasteiger partial charge in [-0.05, 0) is 57.2 Å². The number of hydrazone groups is 1. The maximum absolute atomic E-state index is 12.2. The van der Waals surface area contributed by atoms with Gasteiger partial charge in [0, 0.05) is 16.6 Å². The van der Waals surface area contributed by atoms with Crippen molar-refractivity contribution in [2.75, 3.05) is 11.9 Å². The average Bonchev–Trinajstić information content (AvgIpc) is 2.87. The van der Waals surface area contributed by atoms with E-state index in [1.807, 2.05) is 78.9 Å². The lowest BCUT2D eigenvalue weighted by molar-refractivity contribution is -0.119. The SMILES string of the molecule is N#Cc1ccccc1COc1ccc(/C=N\NC(=O)CNc2cccc3ccccc23)cc1Br. The summed E-state index contributed by atoms with van der Waals surface area (Å²) in [4.78, 5) is 12.2. The molecule has 4 rings (SSSR count). The Kier molecular flexibility index (Phi) is 7.53. The predicted octanol–water partition coefficient (Wildman–Crippen LogP) is 5.62. The van der Waals surface area contributed by atoms with E-state index in [9.17, 15) is 10.1 Å². The molecule has 7 heteroatoms. The minimum atomic E-state index is -0.251. The summed E-state index contributed by atoms with van der Waals surface area (Å²) in [5.41, 5.74) is 5.63. The average molecular weight is 513 g/mol. The highest BCUT2D eigenvalue weighted by molar-refractivity contribution is 9.10. The second-order valence-corrected chi connectivity index (χ2v) is 8.28. The molecule has 0 bridgehead atoms. The molecule has 0 aliphatic rings. The van der Waals surface area contributed by atoms with Crippen LogP contribution in [0, 0.1) is 11.3 Å². The van der Waals surface area contributed by atoms with E-state index in [1.165, 1.54) is 0 Å². The van der Waals surface area contributed by atoms with E-state index in [0.717, 1.165) is 32.1 Å². The molecule has 0 saturated heterocycles. The molecule has 0 aromatic heterocycles. The normalized spacial score (nSPS) is 10.7. The van der Waals surface area contributed by atoms with E-state index in [0.29, 0.717) is 11.3 Å². The highest BCUT2D eigenvalue weighted by atomic mass is 79.9. The first-order chi connectivity index (χ1) is 16.6. The Bertz CT molecular complexity index is 1390. The summed E-state index contributed by atoms with van der Waals surface area (Å²) in [6.07, 6.45) is 1.56. The summed E-state index contributed by atoms with van der Waals surface area (Å²) in [5, 5.41) is 18.6. The lowest BCUT2D eigenvalue weighted by Crippen LogP contribution is -2.25. The Labute approximate surface area is 206 Å². The Morgan fingerprint density at radius 3 is 2.68 bits per heavy atom. The van der Waals surface area contributed by atoms with Crippen molar-refractivity contribution in [1.29, 1.82) is 5.26 Å². The van der Waals surface area contributed by atoms with Gasteiger partial charge in [-0.2, -0.15) is 10.4 Å². The van der Waals surface area contributed by atoms with Gasteiger partial charge in [-0.3, -0.25) is 4.79 Å². The van der Waals surface area contributed by atoms with Crippen LogP contribution in [0.2, 0.25) is 0 Å². The lowest BCUT2D eigenvalue weighted by Gasteiger charge is -2.10. The molecule has 4 aromatic rings. The molecule has 0 heterocycles. The van der Waals surface area contributed by atoms with Crippen LogP contribution >= 0.6 is 15.9 Å². The standard InChI is InChI=1S/C27H21BrN4O2/c28-24-14-19(12-13-26(24)34-18-22-8-2-1-7-21(22)15-29)16-31-32-27(33)17-30-25-11-5-9-20-6-3-4-10-23(20)25/h1-14,16,30H,17-18H2,(H,32,33)/b31-16-. The molecule has 0 aliphatic heterocycles. The molecule has 0 fully saturated rings. The van der Waals surface area contributed by atoms with E-state index >= 15 is 0 Å². The topological polar surface area (TPSA) is 86.5 Å². The number of hydrogen-bond donors (Lipinski definition) is 2. The summed E-state index contributed by atoms with van der Waals surface area (Å²) in [5.74, 6) is 0.396. The van der Waals surface area contributed by atoms with Gasteiger partial charge >= 0.3 is 0 Å². The Morgan fingerprint density at radius 2 is 1.82 bits per heavy atom. The van der Waals surface area contributed by atoms with Crippen molar-refractivity contribution in [3.8, 4) is 11.8 Å². The molecule has 4 aromatic carbocycles. The van der Waals surface area contributed by atoms with E-state index < -0.39 is 0 Å². The summed E-state index contributed by atoms with van der Waals surface area (Å²) < 4.78 is 6.59. The Morgan fingerprint density at radius 1 is 1.03 bits per heavy atom. The van der Waals surface area contributed by atoms with Crippen molar-refractivity contribution in [3.63, 3.8) is 0 Å². The molecule has 0 spiro atoms. The lowest BCUT2D eigenvalue weighted by atomic mass is 10.1. The Balaban J connectivity index is 1.30. The maximum atomic E-state index is 12.2. The van der Waals surface area contributed by atoms with Gasteiger partial charge in [-0.1, -0.05) is 54.6 Å². The van der Waals surface area contributed by atoms with Gasteiger partial charge < -0.3 is 10.1 Å². The van der Waals surface area contributed by atoms with Gasteiger partial charge in [0.1, 0.15) is 12.4 Å². The summed E-state index contributed by atoms with van der Waals surface area (Å²) in [6.45, 7) is 0.390. The highest BCUT2D eigenvalue weighted by Gasteiger charge is 2.06. The van der Waals surface area contributed by atoms with Crippen LogP contribution in [-0.4, -0.2) is 18.7 Å². The number of ether oxygens (including phenoxy) is 1. The zero-order valence-corrected chi connectivity index (χ0v) is 19.7. The molecule has 1 amide bonds. The van der Waals surface area contributed by atoms with Crippen LogP contribution in [0.4, 0.5) is 5.69 Å². The van der Waals surface area contributed by atoms with Crippen molar-refractivity contribution in [2.45, 2.75) is 6.61 Å². The van der Waals surface area contributed by atoms with Crippen LogP contribution in [0.5, 0.6) is 5.75 Å². The third-order valence-electron chi connectivity index (χ3n) is 5.11. The summed E-state index contributed by atoms with van der Waals surface area (Å²) in [6, 6.07) is 28.9. The van der Waals surface area contributed by atoms with Crippen LogP contribution < -0.4 is 15.5 Å². The Hall–Kier alpha value is -4.15. The minimum absolute atomic E-state index is 0.103. The number of hydrogen-bond acceptors (Lipinski definition) is 5. The fraction of sp³-hybridized carbons (Fsp3) is 0.0741. The van der Waals surface area contributed by atoms with Crippen molar-refractivity contribution in [1.82, 2.24) is 5.43 Å². The zero-order valence-electron chi connectivity index (χ0n) is 18.2. The van der Waals surface area contributed by atoms with E-state index in [2.05, 4.69) is 37.8 Å². The smallest absolute Gasteiger partial charge is 0.259 e. The van der Waals surface area contributed by atoms with Crippen molar-refractivity contribution >= 4 is 44.5 Å². The number of nitrogens with zero attached hydrogens (tertiary/aromatic N) is 2. The van der Waals surface area contributed by atoms with Gasteiger partial charge in [0.05, 0.1) is 28.9 Å². The van der Waals surface area contributed by atoms with Gasteiger partial charge in [-0.25, -0.2) is 5.43 Å². The van der Waals surface area contributed by atoms with Gasteiger partial charge in [0.25, 0.3) is 5.91 Å². The molecule has 2 N–H and O–H groups in total. The van der Waals surface area contributed by atoms with Crippen LogP contribution in [-0.2, 0) is 11.4 Å². The van der Waals surface area contributed by atoms with E-state index in [-0.39, 0.29) is 19.1 Å². The fourth-order valence-electron chi connectivity index (χ4n) is 3.40. The molecule has 0 saturated carbocycles. The van der Waals surface area contributed by atoms with Crippen LogP contribution in [0.25, 0.3) is 10.8 Å². The molecule has 0 atom stereocenters. The number of rotatable bonds is 8. The third-order valence-corrected chi connectivity index (χ3v) is 5.73. The van der Waals surface area contributed by atoms with Crippen molar-refractivity contribution in [2.24, 2.45) is 5.10 Å². The molecule has 168 valence electrons. The molecular weight excluding hydrogens is 492 g/mol. The number of carbonyl (C=O) groups is 1. The minimum Gasteiger partial charge on any atom is -0.488 e.